The van der Waals surface area contributed by atoms with Gasteiger partial charge in [0.15, 0.2) is 11.5 Å². The van der Waals surface area contributed by atoms with Gasteiger partial charge in [0.05, 0.1) is 6.20 Å². The third kappa shape index (κ3) is 4.01. The molecule has 3 heterocycles. The number of hydrogen-bond acceptors (Lipinski definition) is 6. The number of aromatic nitrogens is 3. The topological polar surface area (TPSA) is 67.9 Å². The zero-order valence-corrected chi connectivity index (χ0v) is 17.1. The summed E-state index contributed by atoms with van der Waals surface area (Å²) >= 11 is 0.839. The van der Waals surface area contributed by atoms with Gasteiger partial charge in [-0.15, -0.1) is 0 Å². The predicted molar refractivity (Wildman–Crippen MR) is 107 cm³/mol. The molecule has 9 heteroatoms. The maximum Gasteiger partial charge on any atom is 0.434 e. The van der Waals surface area contributed by atoms with Crippen LogP contribution in [0.5, 0.6) is 0 Å². The molecule has 5 nitrogen and oxygen atoms in total. The van der Waals surface area contributed by atoms with Gasteiger partial charge < -0.3 is 10.6 Å². The predicted octanol–water partition coefficient (Wildman–Crippen LogP) is 5.03. The molecule has 2 N–H and O–H groups in total. The van der Waals surface area contributed by atoms with Crippen LogP contribution < -0.4 is 10.6 Å². The average molecular weight is 424 g/mol. The smallest absolute Gasteiger partial charge is 0.381 e. The monoisotopic (exact) mass is 423 g/mol. The van der Waals surface area contributed by atoms with Crippen LogP contribution in [0, 0.1) is 11.3 Å². The van der Waals surface area contributed by atoms with E-state index in [0.717, 1.165) is 49.8 Å². The number of nitrogens with two attached hydrogens (primary N) is 1. The van der Waals surface area contributed by atoms with Gasteiger partial charge in [0, 0.05) is 24.2 Å². The fourth-order valence-corrected chi connectivity index (χ4v) is 5.52. The minimum absolute atomic E-state index is 0.0381. The highest BCUT2D eigenvalue weighted by atomic mass is 32.2. The molecular weight excluding hydrogens is 399 g/mol. The lowest BCUT2D eigenvalue weighted by Gasteiger charge is -2.42. The summed E-state index contributed by atoms with van der Waals surface area (Å²) in [6.45, 7) is 4.18. The summed E-state index contributed by atoms with van der Waals surface area (Å²) in [7, 11) is 0. The molecule has 1 saturated carbocycles. The van der Waals surface area contributed by atoms with E-state index in [1.807, 2.05) is 0 Å². The van der Waals surface area contributed by atoms with Gasteiger partial charge in [-0.2, -0.15) is 13.2 Å². The van der Waals surface area contributed by atoms with E-state index in [1.165, 1.54) is 31.4 Å². The zero-order chi connectivity index (χ0) is 20.6. The highest BCUT2D eigenvalue weighted by Crippen LogP contribution is 2.50. The summed E-state index contributed by atoms with van der Waals surface area (Å²) in [5.41, 5.74) is 5.57. The largest absolute Gasteiger partial charge is 0.434 e. The van der Waals surface area contributed by atoms with Crippen molar-refractivity contribution in [3.63, 3.8) is 0 Å². The molecule has 1 saturated heterocycles. The normalized spacial score (nSPS) is 21.7. The van der Waals surface area contributed by atoms with Crippen molar-refractivity contribution in [3.05, 3.63) is 30.2 Å². The molecule has 0 bridgehead atoms. The first-order valence-corrected chi connectivity index (χ1v) is 10.7. The number of halogens is 3. The summed E-state index contributed by atoms with van der Waals surface area (Å²) in [6, 6.07) is 2.82. The second-order valence-corrected chi connectivity index (χ2v) is 9.04. The maximum atomic E-state index is 13.2. The Kier molecular flexibility index (Phi) is 5.35. The van der Waals surface area contributed by atoms with E-state index in [9.17, 15) is 13.2 Å². The number of hydrogen-bond donors (Lipinski definition) is 1. The molecule has 0 unspecified atom stereocenters. The number of rotatable bonds is 3. The molecule has 0 radical (unpaired) electrons. The molecule has 1 aliphatic heterocycles. The van der Waals surface area contributed by atoms with Crippen LogP contribution in [0.25, 0.3) is 0 Å². The average Bonchev–Trinajstić information content (AvgIpc) is 3.03. The lowest BCUT2D eigenvalue weighted by Crippen LogP contribution is -2.41. The molecule has 2 fully saturated rings. The molecule has 156 valence electrons. The van der Waals surface area contributed by atoms with E-state index in [-0.39, 0.29) is 15.7 Å². The van der Waals surface area contributed by atoms with Crippen LogP contribution in [0.15, 0.2) is 34.4 Å². The van der Waals surface area contributed by atoms with Crippen LogP contribution in [0.1, 0.15) is 44.7 Å². The van der Waals surface area contributed by atoms with Gasteiger partial charge in [-0.1, -0.05) is 31.5 Å². The van der Waals surface area contributed by atoms with Gasteiger partial charge in [0.1, 0.15) is 10.8 Å². The van der Waals surface area contributed by atoms with Crippen molar-refractivity contribution in [1.82, 2.24) is 15.0 Å². The van der Waals surface area contributed by atoms with Gasteiger partial charge in [0.2, 0.25) is 0 Å². The van der Waals surface area contributed by atoms with Crippen LogP contribution in [-0.4, -0.2) is 28.0 Å². The third-order valence-corrected chi connectivity index (χ3v) is 7.49. The summed E-state index contributed by atoms with van der Waals surface area (Å²) in [6.07, 6.45) is 4.40. The summed E-state index contributed by atoms with van der Waals surface area (Å²) in [5, 5.41) is 0.255. The van der Waals surface area contributed by atoms with Crippen molar-refractivity contribution in [1.29, 1.82) is 0 Å². The van der Waals surface area contributed by atoms with Gasteiger partial charge in [-0.05, 0) is 42.7 Å². The standard InChI is InChI=1S/C20H24F3N5S/c1-13-4-2-6-19(13)7-10-28(11-8-19)15-12-26-18(17(24)27-15)29-14-5-3-9-25-16(14)20(21,22)23/h3,5,9,12-13H,2,4,6-8,10-11H2,1H3,(H2,24,27)/t13-/m1/s1. The van der Waals surface area contributed by atoms with Crippen LogP contribution in [0.4, 0.5) is 24.8 Å². The minimum atomic E-state index is -4.53. The van der Waals surface area contributed by atoms with E-state index in [1.54, 1.807) is 6.20 Å². The Morgan fingerprint density at radius 2 is 1.97 bits per heavy atom. The minimum Gasteiger partial charge on any atom is -0.381 e. The summed E-state index contributed by atoms with van der Waals surface area (Å²) in [5.74, 6) is 1.59. The van der Waals surface area contributed by atoms with E-state index < -0.39 is 11.9 Å². The molecule has 2 aromatic heterocycles. The van der Waals surface area contributed by atoms with E-state index in [2.05, 4.69) is 26.8 Å². The molecule has 1 spiro atoms. The highest BCUT2D eigenvalue weighted by molar-refractivity contribution is 7.99. The van der Waals surface area contributed by atoms with Crippen LogP contribution in [0.3, 0.4) is 0 Å². The van der Waals surface area contributed by atoms with Crippen LogP contribution in [0.2, 0.25) is 0 Å². The van der Waals surface area contributed by atoms with Crippen molar-refractivity contribution in [2.24, 2.45) is 11.3 Å². The molecule has 0 aromatic carbocycles. The molecule has 2 aliphatic rings. The van der Waals surface area contributed by atoms with E-state index >= 15 is 0 Å². The summed E-state index contributed by atoms with van der Waals surface area (Å²) in [4.78, 5) is 14.4. The fraction of sp³-hybridized carbons (Fsp3) is 0.550. The Balaban J connectivity index is 1.48. The van der Waals surface area contributed by atoms with Crippen molar-refractivity contribution >= 4 is 23.4 Å². The molecule has 0 amide bonds. The van der Waals surface area contributed by atoms with Crippen LogP contribution >= 0.6 is 11.8 Å². The molecular formula is C20H24F3N5S. The SMILES string of the molecule is C[C@@H]1CCCC12CCN(c1cnc(Sc3cccnc3C(F)(F)F)c(N)n1)CC2. The van der Waals surface area contributed by atoms with Gasteiger partial charge in [-0.3, -0.25) is 4.98 Å². The molecule has 4 rings (SSSR count). The van der Waals surface area contributed by atoms with E-state index in [4.69, 9.17) is 5.73 Å². The molecule has 1 atom stereocenters. The Hall–Kier alpha value is -2.03. The van der Waals surface area contributed by atoms with Crippen LogP contribution in [-0.2, 0) is 6.18 Å². The first-order valence-electron chi connectivity index (χ1n) is 9.86. The number of nitrogen functional groups attached to an aromatic ring is 1. The quantitative estimate of drug-likeness (QED) is 0.747. The number of nitrogens with zero attached hydrogens (tertiary/aromatic N) is 4. The summed E-state index contributed by atoms with van der Waals surface area (Å²) < 4.78 is 39.5. The Bertz CT molecular complexity index is 881. The fourth-order valence-electron chi connectivity index (χ4n) is 4.64. The molecule has 29 heavy (non-hydrogen) atoms. The lowest BCUT2D eigenvalue weighted by molar-refractivity contribution is -0.143. The van der Waals surface area contributed by atoms with Crippen molar-refractivity contribution in [2.75, 3.05) is 23.7 Å². The first-order chi connectivity index (χ1) is 13.8. The van der Waals surface area contributed by atoms with Gasteiger partial charge in [0.25, 0.3) is 0 Å². The Morgan fingerprint density at radius 1 is 1.21 bits per heavy atom. The Morgan fingerprint density at radius 3 is 2.59 bits per heavy atom. The number of alkyl halides is 3. The van der Waals surface area contributed by atoms with Gasteiger partial charge in [-0.25, -0.2) is 9.97 Å². The molecule has 2 aromatic rings. The second kappa shape index (κ2) is 7.66. The maximum absolute atomic E-state index is 13.2. The number of piperidine rings is 1. The van der Waals surface area contributed by atoms with E-state index in [0.29, 0.717) is 11.2 Å². The zero-order valence-electron chi connectivity index (χ0n) is 16.2. The van der Waals surface area contributed by atoms with Crippen molar-refractivity contribution in [3.8, 4) is 0 Å². The second-order valence-electron chi connectivity index (χ2n) is 8.01. The Labute approximate surface area is 172 Å². The third-order valence-electron chi connectivity index (χ3n) is 6.44. The highest BCUT2D eigenvalue weighted by Gasteiger charge is 2.42. The number of anilines is 2. The van der Waals surface area contributed by atoms with Crippen molar-refractivity contribution in [2.45, 2.75) is 55.1 Å². The van der Waals surface area contributed by atoms with Gasteiger partial charge >= 0.3 is 6.18 Å². The number of pyridine rings is 1. The molecule has 1 aliphatic carbocycles. The lowest BCUT2D eigenvalue weighted by atomic mass is 9.71. The first kappa shape index (κ1) is 20.3. The van der Waals surface area contributed by atoms with Crippen molar-refractivity contribution < 1.29 is 13.2 Å².